The lowest BCUT2D eigenvalue weighted by molar-refractivity contribution is -0.137. The van der Waals surface area contributed by atoms with Gasteiger partial charge in [0.1, 0.15) is 16.9 Å². The third-order valence-corrected chi connectivity index (χ3v) is 3.76. The third kappa shape index (κ3) is 5.74. The quantitative estimate of drug-likeness (QED) is 0.688. The van der Waals surface area contributed by atoms with Gasteiger partial charge in [-0.25, -0.2) is 4.79 Å². The summed E-state index contributed by atoms with van der Waals surface area (Å²) in [5.74, 6) is -0.0249. The molecule has 0 bridgehead atoms. The fourth-order valence-electron chi connectivity index (χ4n) is 2.57. The third-order valence-electron chi connectivity index (χ3n) is 3.76. The van der Waals surface area contributed by atoms with E-state index in [2.05, 4.69) is 5.32 Å². The molecule has 1 N–H and O–H groups in total. The average molecular weight is 351 g/mol. The average Bonchev–Trinajstić information content (AvgIpc) is 2.55. The second-order valence-electron chi connectivity index (χ2n) is 6.35. The maximum Gasteiger partial charge on any atom is 0.341 e. The van der Waals surface area contributed by atoms with E-state index in [9.17, 15) is 9.59 Å². The van der Waals surface area contributed by atoms with Crippen LogP contribution >= 0.6 is 0 Å². The molecule has 0 aliphatic rings. The van der Waals surface area contributed by atoms with Crippen LogP contribution < -0.4 is 10.1 Å². The van der Waals surface area contributed by atoms with Crippen LogP contribution in [0.3, 0.4) is 0 Å². The van der Waals surface area contributed by atoms with Crippen molar-refractivity contribution >= 4 is 17.6 Å². The summed E-state index contributed by atoms with van der Waals surface area (Å²) >= 11 is 0. The number of carbonyl (C=O) groups excluding carboxylic acids is 2. The standard InChI is InChI=1S/C19H29NO5/c1-7-24-16-10-9-14(11-15(16)17(21)25-8-2)20-18(22)19(5,23-6)12-13(3)4/h9-11,13H,7-8,12H2,1-6H3,(H,20,22)/t19-/m0/s1. The zero-order valence-corrected chi connectivity index (χ0v) is 16.0. The molecule has 0 saturated heterocycles. The van der Waals surface area contributed by atoms with Crippen LogP contribution in [0, 0.1) is 5.92 Å². The zero-order valence-electron chi connectivity index (χ0n) is 16.0. The van der Waals surface area contributed by atoms with E-state index in [0.29, 0.717) is 30.4 Å². The topological polar surface area (TPSA) is 73.9 Å². The van der Waals surface area contributed by atoms with Gasteiger partial charge in [0, 0.05) is 12.8 Å². The Kier molecular flexibility index (Phi) is 7.90. The monoisotopic (exact) mass is 351 g/mol. The summed E-state index contributed by atoms with van der Waals surface area (Å²) < 4.78 is 16.0. The van der Waals surface area contributed by atoms with Crippen LogP contribution in [0.1, 0.15) is 51.4 Å². The minimum absolute atomic E-state index is 0.261. The molecule has 0 aromatic heterocycles. The molecular weight excluding hydrogens is 322 g/mol. The van der Waals surface area contributed by atoms with E-state index < -0.39 is 11.6 Å². The van der Waals surface area contributed by atoms with Crippen molar-refractivity contribution in [2.75, 3.05) is 25.6 Å². The molecule has 6 nitrogen and oxygen atoms in total. The first-order chi connectivity index (χ1) is 11.8. The SMILES string of the molecule is CCOC(=O)c1cc(NC(=O)[C@](C)(CC(C)C)OC)ccc1OCC. The number of rotatable bonds is 9. The lowest BCUT2D eigenvalue weighted by atomic mass is 9.93. The lowest BCUT2D eigenvalue weighted by Gasteiger charge is -2.28. The summed E-state index contributed by atoms with van der Waals surface area (Å²) in [4.78, 5) is 24.8. The fourth-order valence-corrected chi connectivity index (χ4v) is 2.57. The Bertz CT molecular complexity index is 599. The number of esters is 1. The second-order valence-corrected chi connectivity index (χ2v) is 6.35. The summed E-state index contributed by atoms with van der Waals surface area (Å²) in [6, 6.07) is 4.90. The number of methoxy groups -OCH3 is 1. The molecule has 0 aliphatic heterocycles. The predicted octanol–water partition coefficient (Wildman–Crippen LogP) is 3.65. The van der Waals surface area contributed by atoms with Gasteiger partial charge in [-0.2, -0.15) is 0 Å². The van der Waals surface area contributed by atoms with Crippen LogP contribution in [0.5, 0.6) is 5.75 Å². The van der Waals surface area contributed by atoms with Gasteiger partial charge >= 0.3 is 5.97 Å². The summed E-state index contributed by atoms with van der Waals surface area (Å²) in [5.41, 5.74) is -0.176. The molecule has 0 heterocycles. The molecule has 1 atom stereocenters. The van der Waals surface area contributed by atoms with Crippen molar-refractivity contribution in [2.45, 2.75) is 46.6 Å². The molecule has 0 spiro atoms. The Labute approximate surface area is 149 Å². The van der Waals surface area contributed by atoms with E-state index in [1.54, 1.807) is 32.0 Å². The maximum absolute atomic E-state index is 12.6. The molecule has 0 aliphatic carbocycles. The molecule has 0 unspecified atom stereocenters. The van der Waals surface area contributed by atoms with Gasteiger partial charge in [-0.3, -0.25) is 4.79 Å². The normalized spacial score (nSPS) is 13.2. The van der Waals surface area contributed by atoms with Gasteiger partial charge in [0.25, 0.3) is 5.91 Å². The molecule has 0 fully saturated rings. The van der Waals surface area contributed by atoms with Crippen molar-refractivity contribution in [1.82, 2.24) is 0 Å². The summed E-state index contributed by atoms with van der Waals surface area (Å²) in [6.45, 7) is 10.1. The maximum atomic E-state index is 12.6. The van der Waals surface area contributed by atoms with Crippen LogP contribution in [-0.2, 0) is 14.3 Å². The summed E-state index contributed by atoms with van der Waals surface area (Å²) in [7, 11) is 1.52. The van der Waals surface area contributed by atoms with Gasteiger partial charge in [0.05, 0.1) is 13.2 Å². The van der Waals surface area contributed by atoms with Crippen molar-refractivity contribution in [3.8, 4) is 5.75 Å². The smallest absolute Gasteiger partial charge is 0.341 e. The van der Waals surface area contributed by atoms with Crippen LogP contribution in [-0.4, -0.2) is 37.8 Å². The van der Waals surface area contributed by atoms with Gasteiger partial charge in [-0.05, 0) is 51.3 Å². The molecule has 1 rings (SSSR count). The van der Waals surface area contributed by atoms with Gasteiger partial charge < -0.3 is 19.5 Å². The fraction of sp³-hybridized carbons (Fsp3) is 0.579. The van der Waals surface area contributed by atoms with E-state index in [1.807, 2.05) is 20.8 Å². The molecule has 1 aromatic carbocycles. The van der Waals surface area contributed by atoms with Gasteiger partial charge in [0.2, 0.25) is 0 Å². The molecule has 140 valence electrons. The van der Waals surface area contributed by atoms with Crippen LogP contribution in [0.4, 0.5) is 5.69 Å². The Morgan fingerprint density at radius 1 is 1.20 bits per heavy atom. The highest BCUT2D eigenvalue weighted by atomic mass is 16.5. The number of nitrogens with one attached hydrogen (secondary N) is 1. The largest absolute Gasteiger partial charge is 0.493 e. The minimum Gasteiger partial charge on any atom is -0.493 e. The first kappa shape index (κ1) is 21.0. The van der Waals surface area contributed by atoms with Crippen LogP contribution in [0.15, 0.2) is 18.2 Å². The van der Waals surface area contributed by atoms with Crippen LogP contribution in [0.2, 0.25) is 0 Å². The van der Waals surface area contributed by atoms with E-state index in [4.69, 9.17) is 14.2 Å². The molecular formula is C19H29NO5. The zero-order chi connectivity index (χ0) is 19.0. The summed E-state index contributed by atoms with van der Waals surface area (Å²) in [6.07, 6.45) is 0.580. The first-order valence-corrected chi connectivity index (χ1v) is 8.57. The van der Waals surface area contributed by atoms with E-state index in [0.717, 1.165) is 0 Å². The van der Waals surface area contributed by atoms with E-state index >= 15 is 0 Å². The number of amides is 1. The number of hydrogen-bond donors (Lipinski definition) is 1. The Balaban J connectivity index is 3.07. The van der Waals surface area contributed by atoms with Crippen molar-refractivity contribution in [3.05, 3.63) is 23.8 Å². The second kappa shape index (κ2) is 9.42. The number of anilines is 1. The van der Waals surface area contributed by atoms with Crippen molar-refractivity contribution in [1.29, 1.82) is 0 Å². The minimum atomic E-state index is -0.948. The molecule has 25 heavy (non-hydrogen) atoms. The predicted molar refractivity (Wildman–Crippen MR) is 97.1 cm³/mol. The highest BCUT2D eigenvalue weighted by molar-refractivity contribution is 5.99. The van der Waals surface area contributed by atoms with Crippen molar-refractivity contribution in [3.63, 3.8) is 0 Å². The number of carbonyl (C=O) groups is 2. The number of benzene rings is 1. The first-order valence-electron chi connectivity index (χ1n) is 8.57. The van der Waals surface area contributed by atoms with Gasteiger partial charge in [0.15, 0.2) is 0 Å². The van der Waals surface area contributed by atoms with Crippen molar-refractivity contribution in [2.24, 2.45) is 5.92 Å². The molecule has 1 aromatic rings. The lowest BCUT2D eigenvalue weighted by Crippen LogP contribution is -2.43. The summed E-state index contributed by atoms with van der Waals surface area (Å²) in [5, 5.41) is 2.82. The highest BCUT2D eigenvalue weighted by Crippen LogP contribution is 2.26. The van der Waals surface area contributed by atoms with Crippen molar-refractivity contribution < 1.29 is 23.8 Å². The Hall–Kier alpha value is -2.08. The molecule has 6 heteroatoms. The Morgan fingerprint density at radius 3 is 2.40 bits per heavy atom. The number of ether oxygens (including phenoxy) is 3. The highest BCUT2D eigenvalue weighted by Gasteiger charge is 2.34. The van der Waals surface area contributed by atoms with Gasteiger partial charge in [-0.1, -0.05) is 13.8 Å². The van der Waals surface area contributed by atoms with Crippen LogP contribution in [0.25, 0.3) is 0 Å². The molecule has 1 amide bonds. The van der Waals surface area contributed by atoms with E-state index in [1.165, 1.54) is 7.11 Å². The number of hydrogen-bond acceptors (Lipinski definition) is 5. The molecule has 0 saturated carbocycles. The van der Waals surface area contributed by atoms with E-state index in [-0.39, 0.29) is 18.1 Å². The molecule has 0 radical (unpaired) electrons. The Morgan fingerprint density at radius 2 is 1.88 bits per heavy atom. The van der Waals surface area contributed by atoms with Gasteiger partial charge in [-0.15, -0.1) is 0 Å².